The van der Waals surface area contributed by atoms with Gasteiger partial charge in [-0.1, -0.05) is 12.1 Å². The number of anilines is 1. The first-order valence-corrected chi connectivity index (χ1v) is 10.9. The molecule has 164 valence electrons. The molecule has 2 aliphatic heterocycles. The van der Waals surface area contributed by atoms with Gasteiger partial charge < -0.3 is 24.3 Å². The SMILES string of the molecule is Fc1cccc(-n2cccc2[C@@H]2[C@H](c3ccccn3)NC(=S)N2c2ccc3c(c2)OCO3)c1. The van der Waals surface area contributed by atoms with Crippen LogP contribution in [0.5, 0.6) is 11.5 Å². The van der Waals surface area contributed by atoms with E-state index in [1.807, 2.05) is 65.4 Å². The van der Waals surface area contributed by atoms with Crippen LogP contribution in [0, 0.1) is 5.82 Å². The molecule has 0 aliphatic carbocycles. The first-order chi connectivity index (χ1) is 16.2. The molecule has 2 aromatic carbocycles. The zero-order valence-electron chi connectivity index (χ0n) is 17.4. The van der Waals surface area contributed by atoms with Crippen molar-refractivity contribution in [2.75, 3.05) is 11.7 Å². The van der Waals surface area contributed by atoms with Crippen LogP contribution >= 0.6 is 12.2 Å². The molecule has 0 saturated carbocycles. The van der Waals surface area contributed by atoms with Crippen molar-refractivity contribution >= 4 is 23.0 Å². The zero-order valence-corrected chi connectivity index (χ0v) is 18.2. The summed E-state index contributed by atoms with van der Waals surface area (Å²) in [5.41, 5.74) is 3.41. The van der Waals surface area contributed by atoms with Gasteiger partial charge in [0.1, 0.15) is 11.9 Å². The van der Waals surface area contributed by atoms with E-state index in [1.54, 1.807) is 12.3 Å². The molecule has 2 atom stereocenters. The van der Waals surface area contributed by atoms with Gasteiger partial charge in [-0.25, -0.2) is 4.39 Å². The highest BCUT2D eigenvalue weighted by Gasteiger charge is 2.42. The summed E-state index contributed by atoms with van der Waals surface area (Å²) < 4.78 is 27.1. The summed E-state index contributed by atoms with van der Waals surface area (Å²) in [7, 11) is 0. The van der Waals surface area contributed by atoms with Crippen molar-refractivity contribution in [3.63, 3.8) is 0 Å². The molecule has 33 heavy (non-hydrogen) atoms. The topological polar surface area (TPSA) is 51.6 Å². The zero-order chi connectivity index (χ0) is 22.4. The lowest BCUT2D eigenvalue weighted by atomic mass is 10.0. The van der Waals surface area contributed by atoms with Gasteiger partial charge in [0.2, 0.25) is 6.79 Å². The van der Waals surface area contributed by atoms with E-state index in [1.165, 1.54) is 12.1 Å². The Labute approximate surface area is 195 Å². The van der Waals surface area contributed by atoms with Crippen molar-refractivity contribution in [2.24, 2.45) is 0 Å². The molecule has 1 saturated heterocycles. The number of thiocarbonyl (C=S) groups is 1. The van der Waals surface area contributed by atoms with Crippen molar-refractivity contribution in [1.82, 2.24) is 14.9 Å². The minimum atomic E-state index is -0.291. The summed E-state index contributed by atoms with van der Waals surface area (Å²) in [6.07, 6.45) is 3.70. The average Bonchev–Trinajstić information content (AvgIpc) is 3.57. The van der Waals surface area contributed by atoms with E-state index < -0.39 is 0 Å². The molecule has 4 heterocycles. The second kappa shape index (κ2) is 7.90. The van der Waals surface area contributed by atoms with Crippen LogP contribution in [0.2, 0.25) is 0 Å². The highest BCUT2D eigenvalue weighted by atomic mass is 32.1. The Bertz CT molecular complexity index is 1340. The van der Waals surface area contributed by atoms with Crippen LogP contribution in [0.25, 0.3) is 5.69 Å². The molecule has 0 radical (unpaired) electrons. The molecule has 6 nitrogen and oxygen atoms in total. The number of hydrogen-bond acceptors (Lipinski definition) is 4. The third-order valence-corrected chi connectivity index (χ3v) is 6.22. The summed E-state index contributed by atoms with van der Waals surface area (Å²) in [6.45, 7) is 0.198. The summed E-state index contributed by atoms with van der Waals surface area (Å²) in [5, 5.41) is 4.02. The minimum Gasteiger partial charge on any atom is -0.454 e. The van der Waals surface area contributed by atoms with E-state index >= 15 is 0 Å². The monoisotopic (exact) mass is 458 g/mol. The van der Waals surface area contributed by atoms with Crippen molar-refractivity contribution in [3.05, 3.63) is 102 Å². The van der Waals surface area contributed by atoms with Gasteiger partial charge in [-0.05, 0) is 66.8 Å². The van der Waals surface area contributed by atoms with Crippen molar-refractivity contribution < 1.29 is 13.9 Å². The lowest BCUT2D eigenvalue weighted by molar-refractivity contribution is 0.174. The van der Waals surface area contributed by atoms with Crippen LogP contribution in [-0.4, -0.2) is 21.5 Å². The van der Waals surface area contributed by atoms with E-state index in [-0.39, 0.29) is 24.7 Å². The number of nitrogens with zero attached hydrogens (tertiary/aromatic N) is 3. The van der Waals surface area contributed by atoms with Crippen LogP contribution in [0.4, 0.5) is 10.1 Å². The molecule has 6 rings (SSSR count). The third-order valence-electron chi connectivity index (χ3n) is 5.90. The Balaban J connectivity index is 1.51. The van der Waals surface area contributed by atoms with Gasteiger partial charge in [0.25, 0.3) is 0 Å². The van der Waals surface area contributed by atoms with Crippen molar-refractivity contribution in [1.29, 1.82) is 0 Å². The number of ether oxygens (including phenoxy) is 2. The van der Waals surface area contributed by atoms with Crippen LogP contribution in [0.3, 0.4) is 0 Å². The number of fused-ring (bicyclic) bond motifs is 1. The predicted molar refractivity (Wildman–Crippen MR) is 126 cm³/mol. The fourth-order valence-corrected chi connectivity index (χ4v) is 4.81. The smallest absolute Gasteiger partial charge is 0.231 e. The number of halogens is 1. The molecule has 2 aromatic heterocycles. The Hall–Kier alpha value is -3.91. The molecule has 0 unspecified atom stereocenters. The van der Waals surface area contributed by atoms with E-state index in [9.17, 15) is 4.39 Å². The Morgan fingerprint density at radius 3 is 2.70 bits per heavy atom. The second-order valence-electron chi connectivity index (χ2n) is 7.82. The summed E-state index contributed by atoms with van der Waals surface area (Å²) in [4.78, 5) is 6.65. The molecular formula is C25H19FN4O2S. The summed E-state index contributed by atoms with van der Waals surface area (Å²) >= 11 is 5.81. The fraction of sp³-hybridized carbons (Fsp3) is 0.120. The van der Waals surface area contributed by atoms with Gasteiger partial charge in [0.15, 0.2) is 16.6 Å². The normalized spacial score (nSPS) is 19.1. The third kappa shape index (κ3) is 3.39. The maximum Gasteiger partial charge on any atom is 0.231 e. The van der Waals surface area contributed by atoms with Gasteiger partial charge in [-0.15, -0.1) is 0 Å². The highest BCUT2D eigenvalue weighted by Crippen LogP contribution is 2.44. The quantitative estimate of drug-likeness (QED) is 0.438. The maximum absolute atomic E-state index is 14.0. The number of nitrogens with one attached hydrogen (secondary N) is 1. The van der Waals surface area contributed by atoms with Crippen LogP contribution in [0.15, 0.2) is 85.2 Å². The Kier molecular flexibility index (Phi) is 4.73. The highest BCUT2D eigenvalue weighted by molar-refractivity contribution is 7.80. The molecule has 8 heteroatoms. The number of benzene rings is 2. The van der Waals surface area contributed by atoms with Gasteiger partial charge in [0, 0.05) is 35.5 Å². The number of rotatable bonds is 4. The maximum atomic E-state index is 14.0. The average molecular weight is 459 g/mol. The Morgan fingerprint density at radius 2 is 1.85 bits per heavy atom. The molecule has 0 bridgehead atoms. The first kappa shape index (κ1) is 19.8. The van der Waals surface area contributed by atoms with Gasteiger partial charge in [-0.2, -0.15) is 0 Å². The van der Waals surface area contributed by atoms with E-state index in [4.69, 9.17) is 21.7 Å². The number of aromatic nitrogens is 2. The number of hydrogen-bond donors (Lipinski definition) is 1. The molecule has 1 fully saturated rings. The van der Waals surface area contributed by atoms with Crippen molar-refractivity contribution in [2.45, 2.75) is 12.1 Å². The largest absolute Gasteiger partial charge is 0.454 e. The van der Waals surface area contributed by atoms with Crippen molar-refractivity contribution in [3.8, 4) is 17.2 Å². The van der Waals surface area contributed by atoms with E-state index in [0.717, 1.165) is 22.8 Å². The number of pyridine rings is 1. The Morgan fingerprint density at radius 1 is 0.939 bits per heavy atom. The van der Waals surface area contributed by atoms with Crippen LogP contribution in [-0.2, 0) is 0 Å². The fourth-order valence-electron chi connectivity index (χ4n) is 4.46. The molecule has 0 amide bonds. The minimum absolute atomic E-state index is 0.198. The summed E-state index contributed by atoms with van der Waals surface area (Å²) in [6, 6.07) is 21.7. The lowest BCUT2D eigenvalue weighted by Crippen LogP contribution is -2.30. The molecule has 0 spiro atoms. The first-order valence-electron chi connectivity index (χ1n) is 10.5. The van der Waals surface area contributed by atoms with E-state index in [0.29, 0.717) is 16.6 Å². The van der Waals surface area contributed by atoms with Gasteiger partial charge in [-0.3, -0.25) is 4.98 Å². The molecular weight excluding hydrogens is 439 g/mol. The van der Waals surface area contributed by atoms with Gasteiger partial charge in [0.05, 0.1) is 11.7 Å². The molecule has 2 aliphatic rings. The lowest BCUT2D eigenvalue weighted by Gasteiger charge is -2.29. The van der Waals surface area contributed by atoms with Crippen LogP contribution in [0.1, 0.15) is 23.5 Å². The van der Waals surface area contributed by atoms with E-state index in [2.05, 4.69) is 15.2 Å². The predicted octanol–water partition coefficient (Wildman–Crippen LogP) is 4.92. The summed E-state index contributed by atoms with van der Waals surface area (Å²) in [5.74, 6) is 1.09. The second-order valence-corrected chi connectivity index (χ2v) is 8.20. The molecule has 4 aromatic rings. The van der Waals surface area contributed by atoms with Gasteiger partial charge >= 0.3 is 0 Å². The van der Waals surface area contributed by atoms with Crippen LogP contribution < -0.4 is 19.7 Å². The molecule has 1 N–H and O–H groups in total. The standard InChI is InChI=1S/C25H19FN4O2S/c26-16-5-3-6-17(13-16)29-12-4-8-20(29)24-23(19-7-1-2-11-27-19)28-25(33)30(24)18-9-10-21-22(14-18)32-15-31-21/h1-14,23-24H,15H2,(H,28,33)/t23-,24+/m0/s1.